The molecule has 1 aliphatic heterocycles. The molecule has 0 spiro atoms. The summed E-state index contributed by atoms with van der Waals surface area (Å²) in [7, 11) is 1.43. The SMILES string of the molecule is COCC(=O)N1CCN(Cc2c(-c3ccc(Cl)cc3)nc3ccc([N+](C)(C)S(C)(=O)=O)cn23)CC1. The van der Waals surface area contributed by atoms with Gasteiger partial charge in [0.25, 0.3) is 10.0 Å². The van der Waals surface area contributed by atoms with Gasteiger partial charge < -0.3 is 9.64 Å². The number of benzene rings is 1. The van der Waals surface area contributed by atoms with E-state index in [0.29, 0.717) is 43.4 Å². The second-order valence-electron chi connectivity index (χ2n) is 9.20. The molecule has 1 aromatic carbocycles. The van der Waals surface area contributed by atoms with Crippen LogP contribution >= 0.6 is 11.6 Å². The van der Waals surface area contributed by atoms with E-state index in [1.165, 1.54) is 13.4 Å². The van der Waals surface area contributed by atoms with Crippen LogP contribution in [-0.2, 0) is 26.1 Å². The van der Waals surface area contributed by atoms with Crippen molar-refractivity contribution in [3.05, 3.63) is 53.3 Å². The summed E-state index contributed by atoms with van der Waals surface area (Å²) >= 11 is 6.11. The number of hydrogen-bond acceptors (Lipinski definition) is 6. The van der Waals surface area contributed by atoms with E-state index in [2.05, 4.69) is 4.90 Å². The second-order valence-corrected chi connectivity index (χ2v) is 12.0. The Morgan fingerprint density at radius 3 is 2.34 bits per heavy atom. The Morgan fingerprint density at radius 2 is 1.74 bits per heavy atom. The Kier molecular flexibility index (Phi) is 7.21. The first-order valence-corrected chi connectivity index (χ1v) is 13.5. The van der Waals surface area contributed by atoms with Crippen molar-refractivity contribution in [3.8, 4) is 11.3 Å². The van der Waals surface area contributed by atoms with E-state index in [-0.39, 0.29) is 16.4 Å². The number of imidazole rings is 1. The van der Waals surface area contributed by atoms with Crippen molar-refractivity contribution in [3.63, 3.8) is 0 Å². The molecule has 1 amide bonds. The zero-order valence-electron chi connectivity index (χ0n) is 20.4. The minimum Gasteiger partial charge on any atom is -0.375 e. The van der Waals surface area contributed by atoms with Crippen LogP contribution in [0.4, 0.5) is 5.69 Å². The highest BCUT2D eigenvalue weighted by Crippen LogP contribution is 2.30. The van der Waals surface area contributed by atoms with Gasteiger partial charge in [0.1, 0.15) is 12.3 Å². The number of quaternary nitrogens is 1. The van der Waals surface area contributed by atoms with E-state index in [4.69, 9.17) is 21.3 Å². The Morgan fingerprint density at radius 1 is 1.09 bits per heavy atom. The van der Waals surface area contributed by atoms with Crippen LogP contribution in [0.25, 0.3) is 16.9 Å². The first-order chi connectivity index (χ1) is 16.5. The molecule has 0 unspecified atom stereocenters. The fourth-order valence-electron chi connectivity index (χ4n) is 4.16. The molecule has 1 aliphatic rings. The largest absolute Gasteiger partial charge is 0.375 e. The van der Waals surface area contributed by atoms with Gasteiger partial charge in [0.05, 0.1) is 37.9 Å². The van der Waals surface area contributed by atoms with E-state index in [1.54, 1.807) is 20.2 Å². The molecule has 0 radical (unpaired) electrons. The van der Waals surface area contributed by atoms with Crippen molar-refractivity contribution in [1.29, 1.82) is 0 Å². The third-order valence-corrected chi connectivity index (χ3v) is 8.76. The molecule has 1 saturated heterocycles. The number of nitrogens with zero attached hydrogens (tertiary/aromatic N) is 5. The number of pyridine rings is 1. The van der Waals surface area contributed by atoms with Gasteiger partial charge in [0.2, 0.25) is 5.91 Å². The standard InChI is InChI=1S/C24H31ClN5O4S/c1-30(2,35(4,32)33)20-9-10-22-26-24(18-5-7-19(25)8-6-18)21(29(22)15-20)16-27-11-13-28(14-12-27)23(31)17-34-3/h5-10,15H,11-14,16-17H2,1-4H3/q+1. The van der Waals surface area contributed by atoms with Gasteiger partial charge >= 0.3 is 0 Å². The first kappa shape index (κ1) is 25.6. The van der Waals surface area contributed by atoms with E-state index in [0.717, 1.165) is 22.6 Å². The molecule has 3 aromatic rings. The van der Waals surface area contributed by atoms with Crippen molar-refractivity contribution >= 4 is 38.9 Å². The Balaban J connectivity index is 1.73. The van der Waals surface area contributed by atoms with Crippen LogP contribution in [0, 0.1) is 0 Å². The van der Waals surface area contributed by atoms with Gasteiger partial charge in [-0.1, -0.05) is 23.7 Å². The van der Waals surface area contributed by atoms with Gasteiger partial charge in [0.15, 0.2) is 5.69 Å². The summed E-state index contributed by atoms with van der Waals surface area (Å²) in [6, 6.07) is 11.2. The third-order valence-electron chi connectivity index (χ3n) is 6.64. The predicted octanol–water partition coefficient (Wildman–Crippen LogP) is 2.47. The smallest absolute Gasteiger partial charge is 0.298 e. The first-order valence-electron chi connectivity index (χ1n) is 11.3. The zero-order valence-corrected chi connectivity index (χ0v) is 22.0. The van der Waals surface area contributed by atoms with E-state index < -0.39 is 10.0 Å². The number of halogens is 1. The lowest BCUT2D eigenvalue weighted by atomic mass is 10.1. The molecular formula is C24H31ClN5O4S+. The molecule has 9 nitrogen and oxygen atoms in total. The number of aromatic nitrogens is 2. The van der Waals surface area contributed by atoms with Gasteiger partial charge in [0, 0.05) is 56.5 Å². The van der Waals surface area contributed by atoms with Crippen LogP contribution < -0.4 is 3.89 Å². The molecule has 4 rings (SSSR count). The number of methoxy groups -OCH3 is 1. The molecule has 0 saturated carbocycles. The number of carbonyl (C=O) groups is 1. The third kappa shape index (κ3) is 5.22. The molecule has 2 aromatic heterocycles. The molecule has 11 heteroatoms. The van der Waals surface area contributed by atoms with Gasteiger partial charge in [-0.3, -0.25) is 14.1 Å². The number of piperazine rings is 1. The molecule has 0 N–H and O–H groups in total. The summed E-state index contributed by atoms with van der Waals surface area (Å²) < 4.78 is 31.6. The number of hydrogen-bond donors (Lipinski definition) is 0. The van der Waals surface area contributed by atoms with Crippen LogP contribution in [0.3, 0.4) is 0 Å². The summed E-state index contributed by atoms with van der Waals surface area (Å²) in [5.74, 6) is -0.00535. The summed E-state index contributed by atoms with van der Waals surface area (Å²) in [5, 5.41) is 0.644. The van der Waals surface area contributed by atoms with Crippen LogP contribution in [-0.4, -0.2) is 93.8 Å². The summed E-state index contributed by atoms with van der Waals surface area (Å²) in [6.45, 7) is 3.36. The molecule has 0 aliphatic carbocycles. The van der Waals surface area contributed by atoms with Crippen molar-refractivity contribution in [2.75, 3.05) is 60.2 Å². The topological polar surface area (TPSA) is 84.2 Å². The molecule has 1 fully saturated rings. The number of ether oxygens (including phenoxy) is 1. The van der Waals surface area contributed by atoms with Crippen molar-refractivity contribution in [1.82, 2.24) is 23.1 Å². The highest BCUT2D eigenvalue weighted by Gasteiger charge is 2.32. The van der Waals surface area contributed by atoms with Crippen LogP contribution in [0.1, 0.15) is 5.69 Å². The van der Waals surface area contributed by atoms with Gasteiger partial charge in [-0.25, -0.2) is 4.98 Å². The number of fused-ring (bicyclic) bond motifs is 1. The summed E-state index contributed by atoms with van der Waals surface area (Å²) in [6.07, 6.45) is 3.09. The maximum Gasteiger partial charge on any atom is 0.298 e. The fraction of sp³-hybridized carbons (Fsp3) is 0.417. The predicted molar refractivity (Wildman–Crippen MR) is 138 cm³/mol. The van der Waals surface area contributed by atoms with E-state index in [1.807, 2.05) is 45.8 Å². The van der Waals surface area contributed by atoms with Gasteiger partial charge in [-0.15, -0.1) is 0 Å². The van der Waals surface area contributed by atoms with Crippen LogP contribution in [0.15, 0.2) is 42.6 Å². The highest BCUT2D eigenvalue weighted by atomic mass is 35.5. The average Bonchev–Trinajstić information content (AvgIpc) is 3.17. The molecule has 3 heterocycles. The monoisotopic (exact) mass is 520 g/mol. The Bertz CT molecular complexity index is 1330. The summed E-state index contributed by atoms with van der Waals surface area (Å²) in [5.41, 5.74) is 4.07. The van der Waals surface area contributed by atoms with Crippen LogP contribution in [0.5, 0.6) is 0 Å². The maximum atomic E-state index is 12.5. The minimum absolute atomic E-state index is 0.00535. The molecular weight excluding hydrogens is 490 g/mol. The van der Waals surface area contributed by atoms with Crippen molar-refractivity contribution in [2.45, 2.75) is 6.54 Å². The number of sulfonamides is 1. The molecule has 35 heavy (non-hydrogen) atoms. The van der Waals surface area contributed by atoms with E-state index in [9.17, 15) is 13.2 Å². The fourth-order valence-corrected chi connectivity index (χ4v) is 4.78. The lowest BCUT2D eigenvalue weighted by Crippen LogP contribution is -2.49. The lowest BCUT2D eigenvalue weighted by molar-refractivity contribution is -0.136. The summed E-state index contributed by atoms with van der Waals surface area (Å²) in [4.78, 5) is 21.2. The van der Waals surface area contributed by atoms with Crippen LogP contribution in [0.2, 0.25) is 5.02 Å². The maximum absolute atomic E-state index is 12.5. The molecule has 0 bridgehead atoms. The minimum atomic E-state index is -3.40. The molecule has 188 valence electrons. The van der Waals surface area contributed by atoms with E-state index >= 15 is 0 Å². The quantitative estimate of drug-likeness (QED) is 0.445. The average molecular weight is 521 g/mol. The normalized spacial score (nSPS) is 15.6. The Hall–Kier alpha value is -2.50. The highest BCUT2D eigenvalue weighted by molar-refractivity contribution is 7.90. The molecule has 0 atom stereocenters. The number of amides is 1. The lowest BCUT2D eigenvalue weighted by Gasteiger charge is -2.34. The zero-order chi connectivity index (χ0) is 25.4. The van der Waals surface area contributed by atoms with Gasteiger partial charge in [-0.05, 0) is 18.2 Å². The second kappa shape index (κ2) is 9.87. The van der Waals surface area contributed by atoms with Crippen molar-refractivity contribution < 1.29 is 17.9 Å². The van der Waals surface area contributed by atoms with Crippen molar-refractivity contribution in [2.24, 2.45) is 0 Å². The Labute approximate surface area is 211 Å². The number of rotatable bonds is 7. The number of carbonyl (C=O) groups excluding carboxylic acids is 1. The van der Waals surface area contributed by atoms with Gasteiger partial charge in [-0.2, -0.15) is 12.3 Å².